The highest BCUT2D eigenvalue weighted by molar-refractivity contribution is 5.87. The molecule has 0 N–H and O–H groups in total. The second-order valence-corrected chi connectivity index (χ2v) is 7.31. The molecule has 3 aromatic rings. The Balaban J connectivity index is 1.38. The van der Waals surface area contributed by atoms with Gasteiger partial charge in [-0.05, 0) is 35.7 Å². The molecule has 1 aliphatic rings. The molecule has 28 heavy (non-hydrogen) atoms. The number of fused-ring (bicyclic) bond motifs is 1. The summed E-state index contributed by atoms with van der Waals surface area (Å²) in [6.45, 7) is 4.05. The quantitative estimate of drug-likeness (QED) is 0.696. The number of hydrogen-bond acceptors (Lipinski definition) is 3. The largest absolute Gasteiger partial charge is 0.341 e. The molecule has 0 radical (unpaired) electrons. The van der Waals surface area contributed by atoms with Gasteiger partial charge in [-0.15, -0.1) is 0 Å². The van der Waals surface area contributed by atoms with E-state index in [9.17, 15) is 9.18 Å². The Bertz CT molecular complexity index is 952. The van der Waals surface area contributed by atoms with Gasteiger partial charge in [0.25, 0.3) is 0 Å². The van der Waals surface area contributed by atoms with E-state index < -0.39 is 0 Å². The van der Waals surface area contributed by atoms with E-state index in [-0.39, 0.29) is 11.7 Å². The van der Waals surface area contributed by atoms with Crippen molar-refractivity contribution in [3.05, 3.63) is 77.7 Å². The number of benzene rings is 2. The monoisotopic (exact) mass is 377 g/mol. The lowest BCUT2D eigenvalue weighted by molar-refractivity contribution is -0.130. The van der Waals surface area contributed by atoms with Gasteiger partial charge in [0, 0.05) is 44.3 Å². The van der Waals surface area contributed by atoms with Gasteiger partial charge < -0.3 is 4.90 Å². The van der Waals surface area contributed by atoms with Crippen molar-refractivity contribution in [2.75, 3.05) is 26.2 Å². The van der Waals surface area contributed by atoms with Crippen LogP contribution in [-0.4, -0.2) is 46.9 Å². The summed E-state index contributed by atoms with van der Waals surface area (Å²) >= 11 is 0. The van der Waals surface area contributed by atoms with Gasteiger partial charge in [-0.3, -0.25) is 14.7 Å². The van der Waals surface area contributed by atoms with Crippen LogP contribution < -0.4 is 0 Å². The highest BCUT2D eigenvalue weighted by Crippen LogP contribution is 2.18. The van der Waals surface area contributed by atoms with Crippen molar-refractivity contribution in [2.24, 2.45) is 0 Å². The second-order valence-electron chi connectivity index (χ2n) is 7.31. The molecule has 0 unspecified atom stereocenters. The zero-order valence-electron chi connectivity index (χ0n) is 15.9. The molecule has 4 rings (SSSR count). The predicted molar refractivity (Wildman–Crippen MR) is 108 cm³/mol. The highest BCUT2D eigenvalue weighted by Gasteiger charge is 2.20. The van der Waals surface area contributed by atoms with E-state index in [1.54, 1.807) is 6.20 Å². The molecule has 1 aromatic heterocycles. The molecule has 1 amide bonds. The lowest BCUT2D eigenvalue weighted by Crippen LogP contribution is -2.36. The minimum Gasteiger partial charge on any atom is -0.341 e. The Morgan fingerprint density at radius 1 is 0.964 bits per heavy atom. The Labute approximate surface area is 164 Å². The number of nitrogens with zero attached hydrogens (tertiary/aromatic N) is 3. The molecule has 1 saturated heterocycles. The van der Waals surface area contributed by atoms with Gasteiger partial charge >= 0.3 is 0 Å². The number of rotatable bonds is 4. The van der Waals surface area contributed by atoms with E-state index in [0.29, 0.717) is 6.42 Å². The third kappa shape index (κ3) is 4.37. The molecular weight excluding hydrogens is 353 g/mol. The molecule has 144 valence electrons. The SMILES string of the molecule is O=C(Cc1cccc2cccnc12)N1CCCN(Cc2ccc(F)cc2)CC1. The average Bonchev–Trinajstić information content (AvgIpc) is 2.96. The number of carbonyl (C=O) groups is 1. The number of carbonyl (C=O) groups excluding carboxylic acids is 1. The van der Waals surface area contributed by atoms with Crippen molar-refractivity contribution in [1.82, 2.24) is 14.8 Å². The zero-order chi connectivity index (χ0) is 19.3. The Morgan fingerprint density at radius 3 is 2.64 bits per heavy atom. The van der Waals surface area contributed by atoms with Crippen LogP contribution in [0.1, 0.15) is 17.5 Å². The van der Waals surface area contributed by atoms with Gasteiger partial charge in [0.05, 0.1) is 11.9 Å². The third-order valence-corrected chi connectivity index (χ3v) is 5.32. The standard InChI is InChI=1S/C23H24FN3O/c24-21-9-7-18(8-10-21)17-26-12-3-13-27(15-14-26)22(28)16-20-5-1-4-19-6-2-11-25-23(19)20/h1-2,4-11H,3,12-17H2. The minimum absolute atomic E-state index is 0.154. The number of halogens is 1. The van der Waals surface area contributed by atoms with E-state index in [1.807, 2.05) is 47.4 Å². The van der Waals surface area contributed by atoms with Gasteiger partial charge in [0.1, 0.15) is 5.82 Å². The number of amides is 1. The highest BCUT2D eigenvalue weighted by atomic mass is 19.1. The van der Waals surface area contributed by atoms with Crippen LogP contribution in [0.4, 0.5) is 4.39 Å². The first-order valence-electron chi connectivity index (χ1n) is 9.76. The van der Waals surface area contributed by atoms with Crippen LogP contribution in [0.5, 0.6) is 0 Å². The molecular formula is C23H24FN3O. The molecule has 1 fully saturated rings. The molecule has 0 aliphatic carbocycles. The Hall–Kier alpha value is -2.79. The maximum atomic E-state index is 13.1. The molecule has 2 heterocycles. The van der Waals surface area contributed by atoms with Crippen molar-refractivity contribution in [3.8, 4) is 0 Å². The molecule has 4 nitrogen and oxygen atoms in total. The first-order valence-corrected chi connectivity index (χ1v) is 9.76. The van der Waals surface area contributed by atoms with E-state index in [4.69, 9.17) is 0 Å². The van der Waals surface area contributed by atoms with Crippen LogP contribution in [0.15, 0.2) is 60.8 Å². The average molecular weight is 377 g/mol. The second kappa shape index (κ2) is 8.48. The van der Waals surface area contributed by atoms with Crippen LogP contribution in [0.2, 0.25) is 0 Å². The Kier molecular flexibility index (Phi) is 5.63. The summed E-state index contributed by atoms with van der Waals surface area (Å²) in [5.41, 5.74) is 2.99. The van der Waals surface area contributed by atoms with E-state index in [1.165, 1.54) is 12.1 Å². The summed E-state index contributed by atoms with van der Waals surface area (Å²) < 4.78 is 13.1. The van der Waals surface area contributed by atoms with E-state index in [0.717, 1.165) is 61.2 Å². The topological polar surface area (TPSA) is 36.4 Å². The number of para-hydroxylation sites is 1. The van der Waals surface area contributed by atoms with Gasteiger partial charge in [0.15, 0.2) is 0 Å². The molecule has 2 aromatic carbocycles. The fourth-order valence-corrected chi connectivity index (χ4v) is 3.81. The van der Waals surface area contributed by atoms with Crippen LogP contribution >= 0.6 is 0 Å². The summed E-state index contributed by atoms with van der Waals surface area (Å²) in [6.07, 6.45) is 3.10. The van der Waals surface area contributed by atoms with Crippen molar-refractivity contribution in [1.29, 1.82) is 0 Å². The van der Waals surface area contributed by atoms with Crippen LogP contribution in [-0.2, 0) is 17.8 Å². The smallest absolute Gasteiger partial charge is 0.227 e. The van der Waals surface area contributed by atoms with Crippen molar-refractivity contribution >= 4 is 16.8 Å². The van der Waals surface area contributed by atoms with Gasteiger partial charge in [-0.1, -0.05) is 36.4 Å². The lowest BCUT2D eigenvalue weighted by atomic mass is 10.1. The predicted octanol–water partition coefficient (Wildman–Crippen LogP) is 3.65. The fraction of sp³-hybridized carbons (Fsp3) is 0.304. The molecule has 5 heteroatoms. The molecule has 0 saturated carbocycles. The number of hydrogen-bond donors (Lipinski definition) is 0. The van der Waals surface area contributed by atoms with Gasteiger partial charge in [-0.25, -0.2) is 4.39 Å². The molecule has 0 atom stereocenters. The van der Waals surface area contributed by atoms with Gasteiger partial charge in [-0.2, -0.15) is 0 Å². The normalized spacial score (nSPS) is 15.5. The summed E-state index contributed by atoms with van der Waals surface area (Å²) in [4.78, 5) is 21.7. The zero-order valence-corrected chi connectivity index (χ0v) is 15.9. The summed E-state index contributed by atoms with van der Waals surface area (Å²) in [7, 11) is 0. The first kappa shape index (κ1) is 18.6. The van der Waals surface area contributed by atoms with Crippen LogP contribution in [0, 0.1) is 5.82 Å². The molecule has 0 bridgehead atoms. The summed E-state index contributed by atoms with van der Waals surface area (Å²) in [5.74, 6) is -0.0545. The van der Waals surface area contributed by atoms with Gasteiger partial charge in [0.2, 0.25) is 5.91 Å². The molecule has 0 spiro atoms. The molecule has 1 aliphatic heterocycles. The van der Waals surface area contributed by atoms with E-state index >= 15 is 0 Å². The number of aromatic nitrogens is 1. The maximum absolute atomic E-state index is 13.1. The van der Waals surface area contributed by atoms with Crippen molar-refractivity contribution in [3.63, 3.8) is 0 Å². The summed E-state index contributed by atoms with van der Waals surface area (Å²) in [5, 5.41) is 1.06. The minimum atomic E-state index is -0.209. The van der Waals surface area contributed by atoms with Crippen molar-refractivity contribution < 1.29 is 9.18 Å². The van der Waals surface area contributed by atoms with Crippen LogP contribution in [0.3, 0.4) is 0 Å². The van der Waals surface area contributed by atoms with Crippen LogP contribution in [0.25, 0.3) is 10.9 Å². The maximum Gasteiger partial charge on any atom is 0.227 e. The summed E-state index contributed by atoms with van der Waals surface area (Å²) in [6, 6.07) is 16.6. The van der Waals surface area contributed by atoms with E-state index in [2.05, 4.69) is 9.88 Å². The Morgan fingerprint density at radius 2 is 1.79 bits per heavy atom. The van der Waals surface area contributed by atoms with Crippen molar-refractivity contribution in [2.45, 2.75) is 19.4 Å². The lowest BCUT2D eigenvalue weighted by Gasteiger charge is -2.22. The first-order chi connectivity index (χ1) is 13.7. The number of pyridine rings is 1. The fourth-order valence-electron chi connectivity index (χ4n) is 3.81. The third-order valence-electron chi connectivity index (χ3n) is 5.32.